The van der Waals surface area contributed by atoms with Crippen LogP contribution in [-0.4, -0.2) is 48.6 Å². The van der Waals surface area contributed by atoms with Crippen molar-refractivity contribution in [2.45, 2.75) is 59.4 Å². The third-order valence-electron chi connectivity index (χ3n) is 5.34. The molecule has 1 unspecified atom stereocenters. The lowest BCUT2D eigenvalue weighted by molar-refractivity contribution is 0.128. The van der Waals surface area contributed by atoms with Crippen LogP contribution in [0.5, 0.6) is 0 Å². The smallest absolute Gasteiger partial charge is 0.191 e. The number of aliphatic imine (C=N–C) groups is 1. The van der Waals surface area contributed by atoms with Crippen molar-refractivity contribution in [3.8, 4) is 0 Å². The molecule has 0 spiro atoms. The van der Waals surface area contributed by atoms with E-state index in [0.717, 1.165) is 44.3 Å². The van der Waals surface area contributed by atoms with E-state index in [1.54, 1.807) is 0 Å². The van der Waals surface area contributed by atoms with E-state index in [-0.39, 0.29) is 24.0 Å². The molecule has 0 saturated heterocycles. The number of aromatic nitrogens is 2. The molecular weight excluding hydrogens is 441 g/mol. The zero-order valence-electron chi connectivity index (χ0n) is 17.2. The van der Waals surface area contributed by atoms with Gasteiger partial charge in [-0.1, -0.05) is 0 Å². The fraction of sp³-hybridized carbons (Fsp3) is 0.789. The molecular formula is C19H36IN5O. The summed E-state index contributed by atoms with van der Waals surface area (Å²) >= 11 is 0. The van der Waals surface area contributed by atoms with E-state index in [9.17, 15) is 0 Å². The Morgan fingerprint density at radius 1 is 1.38 bits per heavy atom. The van der Waals surface area contributed by atoms with Crippen molar-refractivity contribution in [1.29, 1.82) is 0 Å². The summed E-state index contributed by atoms with van der Waals surface area (Å²) in [5.74, 6) is 0.884. The van der Waals surface area contributed by atoms with E-state index >= 15 is 0 Å². The van der Waals surface area contributed by atoms with Gasteiger partial charge in [0, 0.05) is 45.6 Å². The Bertz CT molecular complexity index is 595. The largest absolute Gasteiger partial charge is 0.382 e. The molecule has 0 radical (unpaired) electrons. The Hall–Kier alpha value is -0.830. The van der Waals surface area contributed by atoms with Gasteiger partial charge in [-0.15, -0.1) is 24.0 Å². The molecule has 1 heterocycles. The van der Waals surface area contributed by atoms with E-state index in [0.29, 0.717) is 11.5 Å². The number of nitrogens with zero attached hydrogens (tertiary/aromatic N) is 3. The van der Waals surface area contributed by atoms with Crippen LogP contribution in [-0.2, 0) is 18.2 Å². The van der Waals surface area contributed by atoms with Gasteiger partial charge in [-0.2, -0.15) is 5.10 Å². The van der Waals surface area contributed by atoms with Gasteiger partial charge in [-0.25, -0.2) is 0 Å². The molecule has 1 aromatic rings. The van der Waals surface area contributed by atoms with Crippen molar-refractivity contribution in [3.05, 3.63) is 17.0 Å². The molecule has 2 N–H and O–H groups in total. The van der Waals surface area contributed by atoms with Gasteiger partial charge in [0.1, 0.15) is 0 Å². The molecule has 0 aromatic carbocycles. The summed E-state index contributed by atoms with van der Waals surface area (Å²) < 4.78 is 7.47. The average Bonchev–Trinajstić information content (AvgIpc) is 3.31. The number of aryl methyl sites for hydroxylation is 2. The van der Waals surface area contributed by atoms with Gasteiger partial charge in [-0.3, -0.25) is 9.67 Å². The van der Waals surface area contributed by atoms with E-state index in [1.165, 1.54) is 24.1 Å². The molecule has 2 rings (SSSR count). The zero-order valence-corrected chi connectivity index (χ0v) is 19.5. The first-order chi connectivity index (χ1) is 11.9. The minimum absolute atomic E-state index is 0. The summed E-state index contributed by atoms with van der Waals surface area (Å²) in [6.07, 6.45) is 4.65. The van der Waals surface area contributed by atoms with Gasteiger partial charge >= 0.3 is 0 Å². The Balaban J connectivity index is 0.00000338. The van der Waals surface area contributed by atoms with Gasteiger partial charge in [0.15, 0.2) is 5.96 Å². The Morgan fingerprint density at radius 3 is 2.58 bits per heavy atom. The van der Waals surface area contributed by atoms with Crippen LogP contribution in [0.1, 0.15) is 50.1 Å². The topological polar surface area (TPSA) is 63.5 Å². The number of halogens is 1. The zero-order chi connectivity index (χ0) is 18.4. The summed E-state index contributed by atoms with van der Waals surface area (Å²) in [6.45, 7) is 11.1. The first kappa shape index (κ1) is 23.2. The Kier molecular flexibility index (Phi) is 9.36. The first-order valence-corrected chi connectivity index (χ1v) is 9.45. The van der Waals surface area contributed by atoms with Crippen molar-refractivity contribution in [2.75, 3.05) is 26.8 Å². The predicted octanol–water partition coefficient (Wildman–Crippen LogP) is 2.96. The normalized spacial score (nSPS) is 16.8. The molecule has 1 saturated carbocycles. The van der Waals surface area contributed by atoms with Crippen LogP contribution < -0.4 is 10.6 Å². The molecule has 1 aromatic heterocycles. The van der Waals surface area contributed by atoms with Crippen LogP contribution in [0, 0.1) is 19.3 Å². The van der Waals surface area contributed by atoms with E-state index in [4.69, 9.17) is 4.74 Å². The fourth-order valence-electron chi connectivity index (χ4n) is 3.29. The molecule has 1 atom stereocenters. The highest BCUT2D eigenvalue weighted by molar-refractivity contribution is 14.0. The summed E-state index contributed by atoms with van der Waals surface area (Å²) in [4.78, 5) is 4.39. The third kappa shape index (κ3) is 6.40. The fourth-order valence-corrected chi connectivity index (χ4v) is 3.29. The highest BCUT2D eigenvalue weighted by atomic mass is 127. The lowest BCUT2D eigenvalue weighted by atomic mass is 10.0. The number of guanidine groups is 1. The molecule has 6 nitrogen and oxygen atoms in total. The summed E-state index contributed by atoms with van der Waals surface area (Å²) in [7, 11) is 3.84. The summed E-state index contributed by atoms with van der Waals surface area (Å²) in [6, 6.07) is 0.298. The summed E-state index contributed by atoms with van der Waals surface area (Å²) in [5, 5.41) is 11.5. The monoisotopic (exact) mass is 477 g/mol. The molecule has 0 aliphatic heterocycles. The third-order valence-corrected chi connectivity index (χ3v) is 5.34. The van der Waals surface area contributed by atoms with E-state index < -0.39 is 0 Å². The van der Waals surface area contributed by atoms with Crippen molar-refractivity contribution in [1.82, 2.24) is 20.4 Å². The molecule has 1 aliphatic rings. The molecule has 150 valence electrons. The maximum Gasteiger partial charge on any atom is 0.191 e. The second kappa shape index (κ2) is 10.5. The Labute approximate surface area is 175 Å². The second-order valence-corrected chi connectivity index (χ2v) is 7.40. The maximum atomic E-state index is 5.52. The number of hydrogen-bond acceptors (Lipinski definition) is 3. The predicted molar refractivity (Wildman–Crippen MR) is 119 cm³/mol. The number of hydrogen-bond donors (Lipinski definition) is 2. The van der Waals surface area contributed by atoms with E-state index in [2.05, 4.69) is 48.4 Å². The average molecular weight is 477 g/mol. The van der Waals surface area contributed by atoms with Gasteiger partial charge < -0.3 is 15.4 Å². The minimum Gasteiger partial charge on any atom is -0.382 e. The van der Waals surface area contributed by atoms with Crippen molar-refractivity contribution < 1.29 is 4.74 Å². The number of nitrogens with one attached hydrogen (secondary N) is 2. The standard InChI is InChI=1S/C19H35N5O.HI/c1-7-25-11-10-19(8-9-19)13-21-18(20-5)22-14(2)12-17-15(3)23-24(6)16(17)4;/h14H,7-13H2,1-6H3,(H2,20,21,22);1H. The minimum atomic E-state index is 0. The highest BCUT2D eigenvalue weighted by Crippen LogP contribution is 2.48. The van der Waals surface area contributed by atoms with E-state index in [1.807, 2.05) is 18.8 Å². The van der Waals surface area contributed by atoms with Gasteiger partial charge in [-0.05, 0) is 64.4 Å². The van der Waals surface area contributed by atoms with Crippen LogP contribution in [0.2, 0.25) is 0 Å². The first-order valence-electron chi connectivity index (χ1n) is 9.45. The Morgan fingerprint density at radius 2 is 2.08 bits per heavy atom. The second-order valence-electron chi connectivity index (χ2n) is 7.40. The molecule has 1 aliphatic carbocycles. The van der Waals surface area contributed by atoms with Crippen LogP contribution in [0.15, 0.2) is 4.99 Å². The van der Waals surface area contributed by atoms with Gasteiger partial charge in [0.25, 0.3) is 0 Å². The molecule has 0 bridgehead atoms. The van der Waals surface area contributed by atoms with Crippen molar-refractivity contribution >= 4 is 29.9 Å². The summed E-state index contributed by atoms with van der Waals surface area (Å²) in [5.41, 5.74) is 4.09. The lowest BCUT2D eigenvalue weighted by Gasteiger charge is -2.21. The van der Waals surface area contributed by atoms with Gasteiger partial charge in [0.05, 0.1) is 5.69 Å². The van der Waals surface area contributed by atoms with Crippen LogP contribution in [0.3, 0.4) is 0 Å². The molecule has 0 amide bonds. The maximum absolute atomic E-state index is 5.52. The molecule has 26 heavy (non-hydrogen) atoms. The highest BCUT2D eigenvalue weighted by Gasteiger charge is 2.42. The number of ether oxygens (including phenoxy) is 1. The van der Waals surface area contributed by atoms with Crippen LogP contribution in [0.4, 0.5) is 0 Å². The lowest BCUT2D eigenvalue weighted by Crippen LogP contribution is -2.45. The van der Waals surface area contributed by atoms with Gasteiger partial charge in [0.2, 0.25) is 0 Å². The van der Waals surface area contributed by atoms with Crippen molar-refractivity contribution in [3.63, 3.8) is 0 Å². The molecule has 1 fully saturated rings. The molecule has 7 heteroatoms. The van der Waals surface area contributed by atoms with Crippen LogP contribution >= 0.6 is 24.0 Å². The van der Waals surface area contributed by atoms with Crippen LogP contribution in [0.25, 0.3) is 0 Å². The number of rotatable bonds is 9. The van der Waals surface area contributed by atoms with Crippen molar-refractivity contribution in [2.24, 2.45) is 17.5 Å². The quantitative estimate of drug-likeness (QED) is 0.249. The SMILES string of the molecule is CCOCCC1(CNC(=NC)NC(C)Cc2c(C)nn(C)c2C)CC1.I.